The average molecular weight is 287 g/mol. The molecule has 1 amide bonds. The molecule has 1 saturated heterocycles. The molecule has 1 aliphatic heterocycles. The molecule has 1 aliphatic carbocycles. The maximum absolute atomic E-state index is 12.6. The molecule has 0 aromatic heterocycles. The fourth-order valence-electron chi connectivity index (χ4n) is 3.50. The Morgan fingerprint density at radius 1 is 1.29 bits per heavy atom. The van der Waals surface area contributed by atoms with Crippen LogP contribution in [-0.4, -0.2) is 34.5 Å². The van der Waals surface area contributed by atoms with E-state index in [1.54, 1.807) is 4.90 Å². The highest BCUT2D eigenvalue weighted by atomic mass is 16.4. The number of aliphatic carboxylic acids is 1. The molecule has 2 fully saturated rings. The van der Waals surface area contributed by atoms with Crippen molar-refractivity contribution in [3.05, 3.63) is 35.4 Å². The van der Waals surface area contributed by atoms with Gasteiger partial charge in [-0.05, 0) is 44.2 Å². The van der Waals surface area contributed by atoms with E-state index in [4.69, 9.17) is 0 Å². The summed E-state index contributed by atoms with van der Waals surface area (Å²) < 4.78 is 0. The number of carboxylic acids is 1. The molecule has 0 spiro atoms. The van der Waals surface area contributed by atoms with E-state index >= 15 is 0 Å². The van der Waals surface area contributed by atoms with Crippen LogP contribution < -0.4 is 0 Å². The van der Waals surface area contributed by atoms with Crippen LogP contribution in [0, 0.1) is 12.3 Å². The van der Waals surface area contributed by atoms with Gasteiger partial charge in [-0.1, -0.05) is 24.3 Å². The number of benzene rings is 1. The summed E-state index contributed by atoms with van der Waals surface area (Å²) in [5.41, 5.74) is 1.40. The highest BCUT2D eigenvalue weighted by Gasteiger charge is 2.59. The summed E-state index contributed by atoms with van der Waals surface area (Å²) in [6.07, 6.45) is 1.88. The van der Waals surface area contributed by atoms with Crippen LogP contribution in [0.3, 0.4) is 0 Å². The predicted molar refractivity (Wildman–Crippen MR) is 79.0 cm³/mol. The molecule has 0 bridgehead atoms. The number of likely N-dealkylation sites (tertiary alicyclic amines) is 1. The highest BCUT2D eigenvalue weighted by molar-refractivity contribution is 6.05. The van der Waals surface area contributed by atoms with Crippen molar-refractivity contribution in [3.8, 4) is 0 Å². The standard InChI is InChI=1S/C17H21NO3/c1-11-5-3-4-6-14(11)13-9-12(2)18(10-13)15(19)17(7-8-17)16(20)21/h3-6,12-13H,7-10H2,1-2H3,(H,20,21). The van der Waals surface area contributed by atoms with Crippen LogP contribution in [0.4, 0.5) is 0 Å². The molecular formula is C17H21NO3. The molecule has 0 radical (unpaired) electrons. The first-order valence-electron chi connectivity index (χ1n) is 7.56. The zero-order chi connectivity index (χ0) is 15.2. The van der Waals surface area contributed by atoms with Crippen LogP contribution in [0.15, 0.2) is 24.3 Å². The van der Waals surface area contributed by atoms with Crippen molar-refractivity contribution in [1.82, 2.24) is 4.90 Å². The van der Waals surface area contributed by atoms with Crippen molar-refractivity contribution in [2.45, 2.75) is 45.1 Å². The summed E-state index contributed by atoms with van der Waals surface area (Å²) in [4.78, 5) is 25.7. The highest BCUT2D eigenvalue weighted by Crippen LogP contribution is 2.49. The Balaban J connectivity index is 1.80. The largest absolute Gasteiger partial charge is 0.480 e. The van der Waals surface area contributed by atoms with Crippen molar-refractivity contribution in [2.75, 3.05) is 6.54 Å². The molecule has 3 rings (SSSR count). The number of amides is 1. The van der Waals surface area contributed by atoms with Gasteiger partial charge in [0.25, 0.3) is 0 Å². The first-order valence-corrected chi connectivity index (χ1v) is 7.56. The van der Waals surface area contributed by atoms with Crippen molar-refractivity contribution in [3.63, 3.8) is 0 Å². The van der Waals surface area contributed by atoms with E-state index in [9.17, 15) is 14.7 Å². The van der Waals surface area contributed by atoms with Crippen molar-refractivity contribution in [1.29, 1.82) is 0 Å². The summed E-state index contributed by atoms with van der Waals surface area (Å²) in [5.74, 6) is -0.827. The predicted octanol–water partition coefficient (Wildman–Crippen LogP) is 2.56. The second kappa shape index (κ2) is 4.86. The minimum atomic E-state index is -1.12. The van der Waals surface area contributed by atoms with Crippen molar-refractivity contribution >= 4 is 11.9 Å². The molecule has 2 atom stereocenters. The van der Waals surface area contributed by atoms with Crippen molar-refractivity contribution in [2.24, 2.45) is 5.41 Å². The fraction of sp³-hybridized carbons (Fsp3) is 0.529. The molecule has 1 saturated carbocycles. The Hall–Kier alpha value is -1.84. The molecule has 1 N–H and O–H groups in total. The number of carboxylic acid groups (broad SMARTS) is 1. The summed E-state index contributed by atoms with van der Waals surface area (Å²) in [5, 5.41) is 9.30. The third-order valence-electron chi connectivity index (χ3n) is 5.03. The van der Waals surface area contributed by atoms with E-state index < -0.39 is 11.4 Å². The first-order chi connectivity index (χ1) is 9.95. The minimum absolute atomic E-state index is 0.110. The Morgan fingerprint density at radius 3 is 2.52 bits per heavy atom. The Bertz CT molecular complexity index is 591. The Labute approximate surface area is 124 Å². The zero-order valence-corrected chi connectivity index (χ0v) is 12.5. The molecule has 1 aromatic carbocycles. The lowest BCUT2D eigenvalue weighted by atomic mass is 9.93. The number of rotatable bonds is 3. The normalized spacial score (nSPS) is 26.7. The number of carbonyl (C=O) groups is 2. The van der Waals surface area contributed by atoms with Gasteiger partial charge in [0.15, 0.2) is 0 Å². The van der Waals surface area contributed by atoms with Gasteiger partial charge in [-0.25, -0.2) is 0 Å². The fourth-order valence-corrected chi connectivity index (χ4v) is 3.50. The Morgan fingerprint density at radius 2 is 1.95 bits per heavy atom. The monoisotopic (exact) mass is 287 g/mol. The number of hydrogen-bond donors (Lipinski definition) is 1. The number of hydrogen-bond acceptors (Lipinski definition) is 2. The van der Waals surface area contributed by atoms with Gasteiger partial charge in [0, 0.05) is 18.5 Å². The quantitative estimate of drug-likeness (QED) is 0.869. The lowest BCUT2D eigenvalue weighted by Crippen LogP contribution is -2.42. The molecular weight excluding hydrogens is 266 g/mol. The van der Waals surface area contributed by atoms with E-state index in [0.717, 1.165) is 6.42 Å². The van der Waals surface area contributed by atoms with Gasteiger partial charge < -0.3 is 10.0 Å². The van der Waals surface area contributed by atoms with Crippen LogP contribution in [0.2, 0.25) is 0 Å². The maximum Gasteiger partial charge on any atom is 0.319 e. The van der Waals surface area contributed by atoms with E-state index in [1.165, 1.54) is 11.1 Å². The van der Waals surface area contributed by atoms with Crippen LogP contribution in [0.25, 0.3) is 0 Å². The van der Waals surface area contributed by atoms with E-state index in [1.807, 2.05) is 19.1 Å². The third-order valence-corrected chi connectivity index (χ3v) is 5.03. The van der Waals surface area contributed by atoms with Crippen LogP contribution >= 0.6 is 0 Å². The summed E-state index contributed by atoms with van der Waals surface area (Å²) in [7, 11) is 0. The summed E-state index contributed by atoms with van der Waals surface area (Å²) in [6.45, 7) is 4.75. The molecule has 112 valence electrons. The van der Waals surface area contributed by atoms with E-state index in [0.29, 0.717) is 25.3 Å². The topological polar surface area (TPSA) is 57.6 Å². The van der Waals surface area contributed by atoms with Crippen LogP contribution in [0.1, 0.15) is 43.2 Å². The van der Waals surface area contributed by atoms with E-state index in [2.05, 4.69) is 19.1 Å². The van der Waals surface area contributed by atoms with Crippen molar-refractivity contribution < 1.29 is 14.7 Å². The average Bonchev–Trinajstić information content (AvgIpc) is 3.17. The zero-order valence-electron chi connectivity index (χ0n) is 12.5. The second-order valence-corrected chi connectivity index (χ2v) is 6.48. The third kappa shape index (κ3) is 2.23. The summed E-state index contributed by atoms with van der Waals surface area (Å²) >= 11 is 0. The molecule has 1 heterocycles. The number of nitrogens with zero attached hydrogens (tertiary/aromatic N) is 1. The molecule has 4 heteroatoms. The molecule has 21 heavy (non-hydrogen) atoms. The van der Waals surface area contributed by atoms with Gasteiger partial charge in [-0.15, -0.1) is 0 Å². The molecule has 4 nitrogen and oxygen atoms in total. The first kappa shape index (κ1) is 14.1. The summed E-state index contributed by atoms with van der Waals surface area (Å²) in [6, 6.07) is 8.36. The molecule has 2 aliphatic rings. The Kier molecular flexibility index (Phi) is 3.27. The van der Waals surface area contributed by atoms with Gasteiger partial charge in [-0.3, -0.25) is 9.59 Å². The van der Waals surface area contributed by atoms with E-state index in [-0.39, 0.29) is 11.9 Å². The van der Waals surface area contributed by atoms with Gasteiger partial charge >= 0.3 is 5.97 Å². The lowest BCUT2D eigenvalue weighted by Gasteiger charge is -2.25. The number of aryl methyl sites for hydroxylation is 1. The minimum Gasteiger partial charge on any atom is -0.480 e. The maximum atomic E-state index is 12.6. The van der Waals surface area contributed by atoms with Gasteiger partial charge in [0.2, 0.25) is 5.91 Å². The van der Waals surface area contributed by atoms with Crippen LogP contribution in [0.5, 0.6) is 0 Å². The molecule has 2 unspecified atom stereocenters. The molecule has 1 aromatic rings. The van der Waals surface area contributed by atoms with Gasteiger partial charge in [-0.2, -0.15) is 0 Å². The van der Waals surface area contributed by atoms with Gasteiger partial charge in [0.05, 0.1) is 0 Å². The smallest absolute Gasteiger partial charge is 0.319 e. The lowest BCUT2D eigenvalue weighted by molar-refractivity contribution is -0.153. The SMILES string of the molecule is Cc1ccccc1C1CC(C)N(C(=O)C2(C(=O)O)CC2)C1. The number of carbonyl (C=O) groups excluding carboxylic acids is 1. The van der Waals surface area contributed by atoms with Crippen LogP contribution in [-0.2, 0) is 9.59 Å². The second-order valence-electron chi connectivity index (χ2n) is 6.48. The van der Waals surface area contributed by atoms with Gasteiger partial charge in [0.1, 0.15) is 5.41 Å².